The topological polar surface area (TPSA) is 86.7 Å². The average molecular weight is 296 g/mol. The molecule has 2 aliphatic rings. The maximum Gasteiger partial charge on any atom is 0.311 e. The van der Waals surface area contributed by atoms with Gasteiger partial charge < -0.3 is 15.3 Å². The van der Waals surface area contributed by atoms with Crippen LogP contribution in [0.3, 0.4) is 0 Å². The number of carboxylic acid groups (broad SMARTS) is 1. The van der Waals surface area contributed by atoms with Gasteiger partial charge in [-0.15, -0.1) is 0 Å². The number of piperidine rings is 1. The zero-order valence-corrected chi connectivity index (χ0v) is 12.6. The molecule has 2 fully saturated rings. The van der Waals surface area contributed by atoms with Crippen molar-refractivity contribution >= 4 is 17.8 Å². The highest BCUT2D eigenvalue weighted by atomic mass is 16.4. The number of nitrogens with zero attached hydrogens (tertiary/aromatic N) is 1. The van der Waals surface area contributed by atoms with Gasteiger partial charge in [-0.2, -0.15) is 0 Å². The Morgan fingerprint density at radius 3 is 2.48 bits per heavy atom. The Kier molecular flexibility index (Phi) is 4.85. The van der Waals surface area contributed by atoms with Gasteiger partial charge in [0.25, 0.3) is 0 Å². The fourth-order valence-corrected chi connectivity index (χ4v) is 3.40. The van der Waals surface area contributed by atoms with Crippen molar-refractivity contribution in [1.82, 2.24) is 10.2 Å². The minimum Gasteiger partial charge on any atom is -0.481 e. The summed E-state index contributed by atoms with van der Waals surface area (Å²) in [6.45, 7) is 2.87. The molecule has 0 aromatic carbocycles. The molecule has 0 aromatic heterocycles. The molecule has 0 radical (unpaired) electrons. The van der Waals surface area contributed by atoms with E-state index in [0.717, 1.165) is 25.7 Å². The van der Waals surface area contributed by atoms with Crippen molar-refractivity contribution in [1.29, 1.82) is 0 Å². The van der Waals surface area contributed by atoms with E-state index in [-0.39, 0.29) is 24.3 Å². The van der Waals surface area contributed by atoms with E-state index in [2.05, 4.69) is 5.32 Å². The predicted molar refractivity (Wildman–Crippen MR) is 76.5 cm³/mol. The molecule has 2 amide bonds. The first-order valence-electron chi connectivity index (χ1n) is 7.71. The Labute approximate surface area is 124 Å². The lowest BCUT2D eigenvalue weighted by Crippen LogP contribution is -2.48. The van der Waals surface area contributed by atoms with Crippen molar-refractivity contribution in [2.45, 2.75) is 45.4 Å². The normalized spacial score (nSPS) is 24.6. The van der Waals surface area contributed by atoms with E-state index in [4.69, 9.17) is 0 Å². The molecule has 1 unspecified atom stereocenters. The first-order chi connectivity index (χ1) is 9.94. The number of carboxylic acids is 1. The standard InChI is InChI=1S/C15H24N2O4/c1-11(18)17-8-4-5-12(9-17)13(19)16-10-15(14(20)21)6-2-3-7-15/h12H,2-10H2,1H3,(H,16,19)(H,20,21). The van der Waals surface area contributed by atoms with Crippen LogP contribution in [-0.4, -0.2) is 47.4 Å². The molecule has 1 atom stereocenters. The zero-order chi connectivity index (χ0) is 15.5. The van der Waals surface area contributed by atoms with E-state index >= 15 is 0 Å². The van der Waals surface area contributed by atoms with Gasteiger partial charge in [-0.05, 0) is 25.7 Å². The molecule has 1 saturated heterocycles. The fourth-order valence-electron chi connectivity index (χ4n) is 3.40. The summed E-state index contributed by atoms with van der Waals surface area (Å²) in [5, 5.41) is 12.2. The highest BCUT2D eigenvalue weighted by molar-refractivity contribution is 5.82. The molecule has 1 aliphatic heterocycles. The second-order valence-corrected chi connectivity index (χ2v) is 6.31. The van der Waals surface area contributed by atoms with E-state index in [1.165, 1.54) is 6.92 Å². The van der Waals surface area contributed by atoms with Gasteiger partial charge in [0.15, 0.2) is 0 Å². The SMILES string of the molecule is CC(=O)N1CCCC(C(=O)NCC2(C(=O)O)CCCC2)C1. The van der Waals surface area contributed by atoms with Gasteiger partial charge in [-0.3, -0.25) is 14.4 Å². The Morgan fingerprint density at radius 2 is 1.90 bits per heavy atom. The van der Waals surface area contributed by atoms with Crippen LogP contribution in [0.5, 0.6) is 0 Å². The van der Waals surface area contributed by atoms with Crippen LogP contribution in [0.25, 0.3) is 0 Å². The molecule has 6 heteroatoms. The Bertz CT molecular complexity index is 429. The lowest BCUT2D eigenvalue weighted by Gasteiger charge is -2.32. The molecule has 1 heterocycles. The second kappa shape index (κ2) is 6.45. The zero-order valence-electron chi connectivity index (χ0n) is 12.6. The lowest BCUT2D eigenvalue weighted by molar-refractivity contribution is -0.148. The minimum absolute atomic E-state index is 0.00898. The first-order valence-corrected chi connectivity index (χ1v) is 7.71. The fraction of sp³-hybridized carbons (Fsp3) is 0.800. The van der Waals surface area contributed by atoms with Crippen LogP contribution in [0, 0.1) is 11.3 Å². The van der Waals surface area contributed by atoms with Gasteiger partial charge in [-0.1, -0.05) is 12.8 Å². The summed E-state index contributed by atoms with van der Waals surface area (Å²) < 4.78 is 0. The van der Waals surface area contributed by atoms with Crippen LogP contribution in [0.2, 0.25) is 0 Å². The number of carbonyl (C=O) groups is 3. The number of rotatable bonds is 4. The van der Waals surface area contributed by atoms with Gasteiger partial charge in [-0.25, -0.2) is 0 Å². The molecule has 2 N–H and O–H groups in total. The van der Waals surface area contributed by atoms with Crippen LogP contribution in [0.4, 0.5) is 0 Å². The number of nitrogens with one attached hydrogen (secondary N) is 1. The number of amides is 2. The average Bonchev–Trinajstić information content (AvgIpc) is 2.95. The van der Waals surface area contributed by atoms with Gasteiger partial charge in [0.05, 0.1) is 11.3 Å². The summed E-state index contributed by atoms with van der Waals surface area (Å²) in [5.41, 5.74) is -0.787. The monoisotopic (exact) mass is 296 g/mol. The number of likely N-dealkylation sites (tertiary alicyclic amines) is 1. The number of aliphatic carboxylic acids is 1. The molecular formula is C15H24N2O4. The van der Waals surface area contributed by atoms with Gasteiger partial charge in [0, 0.05) is 26.6 Å². The smallest absolute Gasteiger partial charge is 0.311 e. The second-order valence-electron chi connectivity index (χ2n) is 6.31. The van der Waals surface area contributed by atoms with Gasteiger partial charge in [0.1, 0.15) is 0 Å². The van der Waals surface area contributed by atoms with E-state index < -0.39 is 11.4 Å². The summed E-state index contributed by atoms with van der Waals surface area (Å²) >= 11 is 0. The van der Waals surface area contributed by atoms with Crippen molar-refractivity contribution in [2.24, 2.45) is 11.3 Å². The number of carbonyl (C=O) groups excluding carboxylic acids is 2. The van der Waals surface area contributed by atoms with Crippen LogP contribution >= 0.6 is 0 Å². The van der Waals surface area contributed by atoms with Crippen molar-refractivity contribution in [2.75, 3.05) is 19.6 Å². The van der Waals surface area contributed by atoms with Crippen LogP contribution in [0.15, 0.2) is 0 Å². The van der Waals surface area contributed by atoms with Crippen molar-refractivity contribution in [3.05, 3.63) is 0 Å². The molecule has 0 spiro atoms. The number of hydrogen-bond donors (Lipinski definition) is 2. The third-order valence-corrected chi connectivity index (χ3v) is 4.85. The third kappa shape index (κ3) is 3.54. The minimum atomic E-state index is -0.811. The molecular weight excluding hydrogens is 272 g/mol. The van der Waals surface area contributed by atoms with Gasteiger partial charge >= 0.3 is 5.97 Å². The van der Waals surface area contributed by atoms with Crippen molar-refractivity contribution in [3.8, 4) is 0 Å². The van der Waals surface area contributed by atoms with E-state index in [9.17, 15) is 19.5 Å². The predicted octanol–water partition coefficient (Wildman–Crippen LogP) is 1.01. The number of hydrogen-bond acceptors (Lipinski definition) is 3. The van der Waals surface area contributed by atoms with Crippen LogP contribution < -0.4 is 5.32 Å². The Hall–Kier alpha value is -1.59. The molecule has 0 bridgehead atoms. The Balaban J connectivity index is 1.89. The summed E-state index contributed by atoms with van der Waals surface area (Å²) in [6, 6.07) is 0. The lowest BCUT2D eigenvalue weighted by atomic mass is 9.86. The summed E-state index contributed by atoms with van der Waals surface area (Å²) in [4.78, 5) is 36.8. The van der Waals surface area contributed by atoms with Crippen LogP contribution in [0.1, 0.15) is 45.4 Å². The maximum atomic E-state index is 12.2. The van der Waals surface area contributed by atoms with E-state index in [1.54, 1.807) is 4.90 Å². The first kappa shape index (κ1) is 15.8. The van der Waals surface area contributed by atoms with Crippen LogP contribution in [-0.2, 0) is 14.4 Å². The summed E-state index contributed by atoms with van der Waals surface area (Å²) in [6.07, 6.45) is 4.66. The third-order valence-electron chi connectivity index (χ3n) is 4.85. The highest BCUT2D eigenvalue weighted by Gasteiger charge is 2.42. The van der Waals surface area contributed by atoms with Gasteiger partial charge in [0.2, 0.25) is 11.8 Å². The summed E-state index contributed by atoms with van der Waals surface area (Å²) in [5.74, 6) is -1.15. The largest absolute Gasteiger partial charge is 0.481 e. The Morgan fingerprint density at radius 1 is 1.24 bits per heavy atom. The maximum absolute atomic E-state index is 12.2. The molecule has 2 rings (SSSR count). The quantitative estimate of drug-likeness (QED) is 0.810. The van der Waals surface area contributed by atoms with E-state index in [1.807, 2.05) is 0 Å². The molecule has 0 aromatic rings. The molecule has 1 aliphatic carbocycles. The highest BCUT2D eigenvalue weighted by Crippen LogP contribution is 2.37. The molecule has 1 saturated carbocycles. The van der Waals surface area contributed by atoms with Crippen molar-refractivity contribution < 1.29 is 19.5 Å². The molecule has 21 heavy (non-hydrogen) atoms. The molecule has 6 nitrogen and oxygen atoms in total. The summed E-state index contributed by atoms with van der Waals surface area (Å²) in [7, 11) is 0. The molecule has 118 valence electrons. The van der Waals surface area contributed by atoms with E-state index in [0.29, 0.717) is 25.9 Å². The van der Waals surface area contributed by atoms with Crippen molar-refractivity contribution in [3.63, 3.8) is 0 Å².